The minimum atomic E-state index is -0.827. The van der Waals surface area contributed by atoms with Crippen molar-refractivity contribution in [3.8, 4) is 5.75 Å². The van der Waals surface area contributed by atoms with E-state index in [1.807, 2.05) is 31.2 Å². The zero-order chi connectivity index (χ0) is 20.7. The second kappa shape index (κ2) is 10.3. The van der Waals surface area contributed by atoms with Crippen LogP contribution in [0.5, 0.6) is 5.75 Å². The molecule has 1 heterocycles. The smallest absolute Gasteiger partial charge is 0.256 e. The summed E-state index contributed by atoms with van der Waals surface area (Å²) in [5, 5.41) is 2.96. The minimum absolute atomic E-state index is 0.120. The predicted octanol–water partition coefficient (Wildman–Crippen LogP) is 4.43. The third-order valence-electron chi connectivity index (χ3n) is 5.46. The fraction of sp³-hybridized carbons (Fsp3) is 0.696. The number of hydrogen-bond donors (Lipinski definition) is 1. The number of nitrogens with zero attached hydrogens (tertiary/aromatic N) is 1. The van der Waals surface area contributed by atoms with Gasteiger partial charge in [-0.25, -0.2) is 0 Å². The number of rotatable bonds is 9. The molecule has 0 unspecified atom stereocenters. The fourth-order valence-electron chi connectivity index (χ4n) is 4.21. The highest BCUT2D eigenvalue weighted by atomic mass is 16.5. The number of carbonyl (C=O) groups is 1. The van der Waals surface area contributed by atoms with Gasteiger partial charge in [0, 0.05) is 32.4 Å². The van der Waals surface area contributed by atoms with Crippen molar-refractivity contribution in [2.75, 3.05) is 38.7 Å². The molecule has 0 bridgehead atoms. The first kappa shape index (κ1) is 22.7. The Bertz CT molecular complexity index is 607. The Labute approximate surface area is 170 Å². The van der Waals surface area contributed by atoms with Crippen molar-refractivity contribution < 1.29 is 14.3 Å². The van der Waals surface area contributed by atoms with Crippen LogP contribution in [0.15, 0.2) is 24.3 Å². The van der Waals surface area contributed by atoms with E-state index in [2.05, 4.69) is 37.9 Å². The van der Waals surface area contributed by atoms with E-state index < -0.39 is 5.60 Å². The Balaban J connectivity index is 1.82. The van der Waals surface area contributed by atoms with E-state index in [0.717, 1.165) is 42.9 Å². The molecular weight excluding hydrogens is 352 g/mol. The SMILES string of the molecule is CO[C@@](C)(CC(C)C)C(=O)Nc1ccc(OCCN2C[C@H](C)C[C@H](C)C2)cc1. The summed E-state index contributed by atoms with van der Waals surface area (Å²) >= 11 is 0. The van der Waals surface area contributed by atoms with E-state index in [1.165, 1.54) is 6.42 Å². The summed E-state index contributed by atoms with van der Waals surface area (Å²) in [6.07, 6.45) is 1.99. The van der Waals surface area contributed by atoms with E-state index in [0.29, 0.717) is 18.9 Å². The lowest BCUT2D eigenvalue weighted by Crippen LogP contribution is -2.43. The second-order valence-electron chi connectivity index (χ2n) is 9.07. The van der Waals surface area contributed by atoms with Crippen LogP contribution >= 0.6 is 0 Å². The number of likely N-dealkylation sites (tertiary alicyclic amines) is 1. The van der Waals surface area contributed by atoms with Gasteiger partial charge in [0.2, 0.25) is 0 Å². The van der Waals surface area contributed by atoms with Gasteiger partial charge in [-0.2, -0.15) is 0 Å². The molecule has 0 radical (unpaired) electrons. The summed E-state index contributed by atoms with van der Waals surface area (Å²) in [6, 6.07) is 7.57. The van der Waals surface area contributed by atoms with Crippen molar-refractivity contribution in [3.63, 3.8) is 0 Å². The van der Waals surface area contributed by atoms with Crippen LogP contribution in [0.4, 0.5) is 5.69 Å². The quantitative estimate of drug-likeness (QED) is 0.677. The Hall–Kier alpha value is -1.59. The molecular formula is C23H38N2O3. The highest BCUT2D eigenvalue weighted by Crippen LogP contribution is 2.24. The monoisotopic (exact) mass is 390 g/mol. The van der Waals surface area contributed by atoms with Crippen LogP contribution in [-0.4, -0.2) is 49.8 Å². The predicted molar refractivity (Wildman–Crippen MR) is 115 cm³/mol. The highest BCUT2D eigenvalue weighted by Gasteiger charge is 2.33. The Morgan fingerprint density at radius 1 is 1.21 bits per heavy atom. The summed E-state index contributed by atoms with van der Waals surface area (Å²) in [4.78, 5) is 15.1. The lowest BCUT2D eigenvalue weighted by atomic mass is 9.92. The molecule has 1 N–H and O–H groups in total. The number of carbonyl (C=O) groups excluding carboxylic acids is 1. The van der Waals surface area contributed by atoms with Crippen LogP contribution in [0, 0.1) is 17.8 Å². The lowest BCUT2D eigenvalue weighted by molar-refractivity contribution is -0.137. The normalized spacial score (nSPS) is 22.7. The first-order chi connectivity index (χ1) is 13.2. The number of hydrogen-bond acceptors (Lipinski definition) is 4. The number of nitrogens with one attached hydrogen (secondary N) is 1. The van der Waals surface area contributed by atoms with Crippen molar-refractivity contribution in [2.45, 2.75) is 53.1 Å². The summed E-state index contributed by atoms with van der Waals surface area (Å²) in [7, 11) is 1.59. The lowest BCUT2D eigenvalue weighted by Gasteiger charge is -2.34. The molecule has 1 aromatic rings. The average molecular weight is 391 g/mol. The summed E-state index contributed by atoms with van der Waals surface area (Å²) < 4.78 is 11.4. The van der Waals surface area contributed by atoms with Crippen molar-refractivity contribution in [3.05, 3.63) is 24.3 Å². The summed E-state index contributed by atoms with van der Waals surface area (Å²) in [5.74, 6) is 2.61. The van der Waals surface area contributed by atoms with Gasteiger partial charge in [0.25, 0.3) is 5.91 Å². The van der Waals surface area contributed by atoms with E-state index in [1.54, 1.807) is 7.11 Å². The molecule has 1 aromatic carbocycles. The van der Waals surface area contributed by atoms with E-state index in [9.17, 15) is 4.79 Å². The van der Waals surface area contributed by atoms with Gasteiger partial charge in [-0.1, -0.05) is 27.7 Å². The van der Waals surface area contributed by atoms with E-state index in [-0.39, 0.29) is 5.91 Å². The molecule has 1 aliphatic rings. The molecule has 3 atom stereocenters. The fourth-order valence-corrected chi connectivity index (χ4v) is 4.21. The number of piperidine rings is 1. The van der Waals surface area contributed by atoms with Crippen LogP contribution in [0.25, 0.3) is 0 Å². The van der Waals surface area contributed by atoms with Crippen LogP contribution < -0.4 is 10.1 Å². The van der Waals surface area contributed by atoms with Gasteiger partial charge in [-0.15, -0.1) is 0 Å². The maximum absolute atomic E-state index is 12.6. The van der Waals surface area contributed by atoms with Crippen molar-refractivity contribution >= 4 is 11.6 Å². The van der Waals surface area contributed by atoms with Crippen molar-refractivity contribution in [1.82, 2.24) is 4.90 Å². The molecule has 1 fully saturated rings. The molecule has 158 valence electrons. The van der Waals surface area contributed by atoms with Crippen molar-refractivity contribution in [2.24, 2.45) is 17.8 Å². The number of benzene rings is 1. The minimum Gasteiger partial charge on any atom is -0.492 e. The number of ether oxygens (including phenoxy) is 2. The molecule has 0 saturated carbocycles. The molecule has 1 aliphatic heterocycles. The van der Waals surface area contributed by atoms with Crippen molar-refractivity contribution in [1.29, 1.82) is 0 Å². The van der Waals surface area contributed by atoms with Crippen LogP contribution in [0.1, 0.15) is 47.5 Å². The molecule has 1 saturated heterocycles. The van der Waals surface area contributed by atoms with E-state index in [4.69, 9.17) is 9.47 Å². The maximum Gasteiger partial charge on any atom is 0.256 e. The van der Waals surface area contributed by atoms with Crippen LogP contribution in [0.3, 0.4) is 0 Å². The number of methoxy groups -OCH3 is 1. The third-order valence-corrected chi connectivity index (χ3v) is 5.46. The zero-order valence-corrected chi connectivity index (χ0v) is 18.5. The Morgan fingerprint density at radius 2 is 1.82 bits per heavy atom. The van der Waals surface area contributed by atoms with Gasteiger partial charge < -0.3 is 14.8 Å². The third kappa shape index (κ3) is 6.78. The van der Waals surface area contributed by atoms with Gasteiger partial charge >= 0.3 is 0 Å². The second-order valence-corrected chi connectivity index (χ2v) is 9.07. The topological polar surface area (TPSA) is 50.8 Å². The molecule has 1 amide bonds. The number of anilines is 1. The first-order valence-electron chi connectivity index (χ1n) is 10.5. The van der Waals surface area contributed by atoms with Gasteiger partial charge in [0.1, 0.15) is 18.0 Å². The standard InChI is InChI=1S/C23H38N2O3/c1-17(2)14-23(5,27-6)22(26)24-20-7-9-21(10-8-20)28-12-11-25-15-18(3)13-19(4)16-25/h7-10,17-19H,11-16H2,1-6H3,(H,24,26)/t18-,19+,23-/m0/s1. The van der Waals surface area contributed by atoms with Gasteiger partial charge in [-0.3, -0.25) is 9.69 Å². The van der Waals surface area contributed by atoms with Crippen LogP contribution in [-0.2, 0) is 9.53 Å². The maximum atomic E-state index is 12.6. The Morgan fingerprint density at radius 3 is 2.36 bits per heavy atom. The first-order valence-corrected chi connectivity index (χ1v) is 10.5. The Kier molecular flexibility index (Phi) is 8.32. The molecule has 0 spiro atoms. The summed E-state index contributed by atoms with van der Waals surface area (Å²) in [6.45, 7) is 14.6. The largest absolute Gasteiger partial charge is 0.492 e. The summed E-state index contributed by atoms with van der Waals surface area (Å²) in [5.41, 5.74) is -0.0745. The average Bonchev–Trinajstić information content (AvgIpc) is 2.61. The highest BCUT2D eigenvalue weighted by molar-refractivity contribution is 5.97. The van der Waals surface area contributed by atoms with E-state index >= 15 is 0 Å². The van der Waals surface area contributed by atoms with Crippen LogP contribution in [0.2, 0.25) is 0 Å². The van der Waals surface area contributed by atoms with Gasteiger partial charge in [0.05, 0.1) is 0 Å². The number of amides is 1. The molecule has 2 rings (SSSR count). The van der Waals surface area contributed by atoms with Gasteiger partial charge in [0.15, 0.2) is 0 Å². The zero-order valence-electron chi connectivity index (χ0n) is 18.5. The molecule has 5 nitrogen and oxygen atoms in total. The molecule has 0 aromatic heterocycles. The molecule has 5 heteroatoms. The molecule has 0 aliphatic carbocycles. The van der Waals surface area contributed by atoms with Gasteiger partial charge in [-0.05, 0) is 61.8 Å². The molecule has 28 heavy (non-hydrogen) atoms.